The number of carbonyl (C=O) groups is 1. The minimum atomic E-state index is -0.605. The lowest BCUT2D eigenvalue weighted by Gasteiger charge is -2.18. The highest BCUT2D eigenvalue weighted by molar-refractivity contribution is 8.00. The number of amides is 1. The first-order valence-electron chi connectivity index (χ1n) is 9.69. The molecule has 0 fully saturated rings. The third kappa shape index (κ3) is 4.46. The molecular weight excluding hydrogens is 410 g/mol. The average Bonchev–Trinajstić information content (AvgIpc) is 2.81. The number of thioether (sulfide) groups is 1. The van der Waals surface area contributed by atoms with E-state index < -0.39 is 5.25 Å². The third-order valence-electron chi connectivity index (χ3n) is 4.84. The molecule has 1 unspecified atom stereocenters. The van der Waals surface area contributed by atoms with Gasteiger partial charge in [0.2, 0.25) is 5.91 Å². The maximum absolute atomic E-state index is 13.3. The first kappa shape index (κ1) is 20.7. The summed E-state index contributed by atoms with van der Waals surface area (Å²) in [7, 11) is 3.25. The van der Waals surface area contributed by atoms with Crippen LogP contribution in [0.2, 0.25) is 0 Å². The van der Waals surface area contributed by atoms with Crippen LogP contribution in [-0.2, 0) is 11.8 Å². The summed E-state index contributed by atoms with van der Waals surface area (Å²) in [5.41, 5.74) is 1.91. The molecule has 4 aromatic rings. The molecule has 7 heteroatoms. The summed E-state index contributed by atoms with van der Waals surface area (Å²) < 4.78 is 6.73. The molecule has 1 N–H and O–H groups in total. The van der Waals surface area contributed by atoms with Gasteiger partial charge in [0.15, 0.2) is 5.16 Å². The Bertz CT molecular complexity index is 1290. The van der Waals surface area contributed by atoms with E-state index in [2.05, 4.69) is 10.3 Å². The highest BCUT2D eigenvalue weighted by atomic mass is 32.2. The lowest BCUT2D eigenvalue weighted by atomic mass is 10.1. The summed E-state index contributed by atoms with van der Waals surface area (Å²) in [5.74, 6) is 0.437. The molecule has 4 rings (SSSR count). The van der Waals surface area contributed by atoms with Gasteiger partial charge in [-0.05, 0) is 29.8 Å². The van der Waals surface area contributed by atoms with Gasteiger partial charge in [0.25, 0.3) is 5.56 Å². The quantitative estimate of drug-likeness (QED) is 0.362. The summed E-state index contributed by atoms with van der Waals surface area (Å²) in [6.45, 7) is 0. The van der Waals surface area contributed by atoms with Crippen LogP contribution in [0.15, 0.2) is 88.8 Å². The van der Waals surface area contributed by atoms with Crippen molar-refractivity contribution in [2.45, 2.75) is 10.4 Å². The number of fused-ring (bicyclic) bond motifs is 1. The van der Waals surface area contributed by atoms with Gasteiger partial charge in [0.1, 0.15) is 11.0 Å². The Morgan fingerprint density at radius 1 is 1.03 bits per heavy atom. The van der Waals surface area contributed by atoms with Gasteiger partial charge in [-0.1, -0.05) is 60.3 Å². The van der Waals surface area contributed by atoms with Crippen molar-refractivity contribution in [3.8, 4) is 5.75 Å². The van der Waals surface area contributed by atoms with Crippen molar-refractivity contribution in [1.82, 2.24) is 9.55 Å². The van der Waals surface area contributed by atoms with Crippen molar-refractivity contribution in [3.05, 3.63) is 94.8 Å². The van der Waals surface area contributed by atoms with Gasteiger partial charge in [0.05, 0.1) is 18.0 Å². The molecule has 3 aromatic carbocycles. The fourth-order valence-corrected chi connectivity index (χ4v) is 4.28. The van der Waals surface area contributed by atoms with Crippen LogP contribution in [0.1, 0.15) is 10.8 Å². The summed E-state index contributed by atoms with van der Waals surface area (Å²) in [6.07, 6.45) is 0. The van der Waals surface area contributed by atoms with Crippen molar-refractivity contribution < 1.29 is 9.53 Å². The van der Waals surface area contributed by atoms with E-state index in [1.54, 1.807) is 38.4 Å². The van der Waals surface area contributed by atoms with Crippen LogP contribution in [0.3, 0.4) is 0 Å². The summed E-state index contributed by atoms with van der Waals surface area (Å²) in [4.78, 5) is 30.7. The van der Waals surface area contributed by atoms with E-state index in [4.69, 9.17) is 4.74 Å². The zero-order valence-electron chi connectivity index (χ0n) is 17.1. The molecule has 156 valence electrons. The Morgan fingerprint density at radius 3 is 2.55 bits per heavy atom. The summed E-state index contributed by atoms with van der Waals surface area (Å²) in [5, 5.41) is 3.37. The van der Waals surface area contributed by atoms with E-state index in [9.17, 15) is 9.59 Å². The zero-order chi connectivity index (χ0) is 21.8. The lowest BCUT2D eigenvalue weighted by molar-refractivity contribution is -0.115. The molecule has 0 aliphatic carbocycles. The zero-order valence-corrected chi connectivity index (χ0v) is 17.9. The predicted octanol–water partition coefficient (Wildman–Crippen LogP) is 4.41. The molecule has 31 heavy (non-hydrogen) atoms. The second-order valence-corrected chi connectivity index (χ2v) is 7.98. The number of para-hydroxylation sites is 1. The van der Waals surface area contributed by atoms with E-state index in [0.717, 1.165) is 5.56 Å². The van der Waals surface area contributed by atoms with Crippen molar-refractivity contribution in [1.29, 1.82) is 0 Å². The monoisotopic (exact) mass is 431 g/mol. The summed E-state index contributed by atoms with van der Waals surface area (Å²) >= 11 is 1.24. The second-order valence-electron chi connectivity index (χ2n) is 6.91. The highest BCUT2D eigenvalue weighted by Crippen LogP contribution is 2.35. The van der Waals surface area contributed by atoms with Gasteiger partial charge in [-0.25, -0.2) is 4.98 Å². The largest absolute Gasteiger partial charge is 0.497 e. The number of hydrogen-bond donors (Lipinski definition) is 1. The van der Waals surface area contributed by atoms with Gasteiger partial charge in [-0.3, -0.25) is 14.2 Å². The van der Waals surface area contributed by atoms with Crippen LogP contribution >= 0.6 is 11.8 Å². The smallest absolute Gasteiger partial charge is 0.261 e. The Balaban J connectivity index is 1.71. The molecule has 1 amide bonds. The molecule has 0 spiro atoms. The number of anilines is 1. The molecule has 1 atom stereocenters. The molecular formula is C24H21N3O3S. The molecule has 0 bridgehead atoms. The molecule has 0 aliphatic rings. The summed E-state index contributed by atoms with van der Waals surface area (Å²) in [6, 6.07) is 23.8. The number of benzene rings is 3. The van der Waals surface area contributed by atoms with Crippen molar-refractivity contribution in [2.24, 2.45) is 7.05 Å². The average molecular weight is 432 g/mol. The molecule has 0 saturated heterocycles. The van der Waals surface area contributed by atoms with Crippen molar-refractivity contribution in [2.75, 3.05) is 12.4 Å². The Labute approximate surface area is 183 Å². The maximum Gasteiger partial charge on any atom is 0.261 e. The van der Waals surface area contributed by atoms with E-state index >= 15 is 0 Å². The fourth-order valence-electron chi connectivity index (χ4n) is 3.22. The number of rotatable bonds is 6. The molecule has 0 radical (unpaired) electrons. The SMILES string of the molecule is COc1cccc(NC(=O)C(Sc2nc3ccccc3c(=O)n2C)c2ccccc2)c1. The highest BCUT2D eigenvalue weighted by Gasteiger charge is 2.25. The third-order valence-corrected chi connectivity index (χ3v) is 6.14. The maximum atomic E-state index is 13.3. The molecule has 6 nitrogen and oxygen atoms in total. The first-order chi connectivity index (χ1) is 15.1. The lowest BCUT2D eigenvalue weighted by Crippen LogP contribution is -2.23. The number of aromatic nitrogens is 2. The van der Waals surface area contributed by atoms with Crippen LogP contribution in [-0.4, -0.2) is 22.6 Å². The number of nitrogens with zero attached hydrogens (tertiary/aromatic N) is 2. The van der Waals surface area contributed by atoms with Gasteiger partial charge in [-0.15, -0.1) is 0 Å². The van der Waals surface area contributed by atoms with Crippen LogP contribution in [0, 0.1) is 0 Å². The molecule has 0 aliphatic heterocycles. The van der Waals surface area contributed by atoms with Crippen molar-refractivity contribution in [3.63, 3.8) is 0 Å². The number of hydrogen-bond acceptors (Lipinski definition) is 5. The second kappa shape index (κ2) is 9.06. The number of ether oxygens (including phenoxy) is 1. The number of methoxy groups -OCH3 is 1. The fraction of sp³-hybridized carbons (Fsp3) is 0.125. The Hall–Kier alpha value is -3.58. The molecule has 1 aromatic heterocycles. The Morgan fingerprint density at radius 2 is 1.77 bits per heavy atom. The van der Waals surface area contributed by atoms with Crippen LogP contribution < -0.4 is 15.6 Å². The molecule has 0 saturated carbocycles. The minimum Gasteiger partial charge on any atom is -0.497 e. The predicted molar refractivity (Wildman–Crippen MR) is 124 cm³/mol. The first-order valence-corrected chi connectivity index (χ1v) is 10.6. The van der Waals surface area contributed by atoms with Gasteiger partial charge < -0.3 is 10.1 Å². The van der Waals surface area contributed by atoms with Crippen molar-refractivity contribution >= 4 is 34.3 Å². The number of nitrogens with one attached hydrogen (secondary N) is 1. The number of carbonyl (C=O) groups excluding carboxylic acids is 1. The van der Waals surface area contributed by atoms with E-state index in [-0.39, 0.29) is 11.5 Å². The van der Waals surface area contributed by atoms with Crippen LogP contribution in [0.25, 0.3) is 10.9 Å². The van der Waals surface area contributed by atoms with E-state index in [1.807, 2.05) is 54.6 Å². The molecule has 1 heterocycles. The standard InChI is InChI=1S/C24H21N3O3S/c1-27-23(29)19-13-6-7-14-20(19)26-24(27)31-21(16-9-4-3-5-10-16)22(28)25-17-11-8-12-18(15-17)30-2/h3-15,21H,1-2H3,(H,25,28). The van der Waals surface area contributed by atoms with Gasteiger partial charge >= 0.3 is 0 Å². The minimum absolute atomic E-state index is 0.145. The normalized spacial score (nSPS) is 11.8. The van der Waals surface area contributed by atoms with Gasteiger partial charge in [0, 0.05) is 18.8 Å². The van der Waals surface area contributed by atoms with Gasteiger partial charge in [-0.2, -0.15) is 0 Å². The van der Waals surface area contributed by atoms with Crippen LogP contribution in [0.5, 0.6) is 5.75 Å². The van der Waals surface area contributed by atoms with Crippen LogP contribution in [0.4, 0.5) is 5.69 Å². The van der Waals surface area contributed by atoms with E-state index in [1.165, 1.54) is 16.3 Å². The van der Waals surface area contributed by atoms with E-state index in [0.29, 0.717) is 27.5 Å². The topological polar surface area (TPSA) is 73.2 Å². The Kier molecular flexibility index (Phi) is 6.04.